The number of ether oxygens (including phenoxy) is 2. The van der Waals surface area contributed by atoms with Crippen LogP contribution < -0.4 is 4.74 Å². The molecule has 7 heteroatoms. The van der Waals surface area contributed by atoms with Crippen molar-refractivity contribution >= 4 is 29.8 Å². The van der Waals surface area contributed by atoms with Crippen molar-refractivity contribution in [3.63, 3.8) is 0 Å². The minimum absolute atomic E-state index is 0.0173. The van der Waals surface area contributed by atoms with Gasteiger partial charge in [-0.3, -0.25) is 4.98 Å². The molecule has 3 rings (SSSR count). The van der Waals surface area contributed by atoms with Crippen LogP contribution in [0.25, 0.3) is 12.2 Å². The highest BCUT2D eigenvalue weighted by Gasteiger charge is 2.32. The van der Waals surface area contributed by atoms with Gasteiger partial charge in [0.05, 0.1) is 12.2 Å². The van der Waals surface area contributed by atoms with E-state index in [2.05, 4.69) is 9.97 Å². The van der Waals surface area contributed by atoms with E-state index < -0.39 is 5.60 Å². The summed E-state index contributed by atoms with van der Waals surface area (Å²) in [5, 5.41) is 0.402. The first-order valence-corrected chi connectivity index (χ1v) is 10.1. The van der Waals surface area contributed by atoms with Crippen LogP contribution in [0.5, 0.6) is 5.75 Å². The van der Waals surface area contributed by atoms with Crippen molar-refractivity contribution < 1.29 is 14.3 Å². The van der Waals surface area contributed by atoms with E-state index in [-0.39, 0.29) is 12.1 Å². The molecule has 0 aromatic carbocycles. The molecule has 1 amide bonds. The molecule has 1 aliphatic heterocycles. The Morgan fingerprint density at radius 2 is 2.07 bits per heavy atom. The molecule has 6 nitrogen and oxygen atoms in total. The second-order valence-electron chi connectivity index (χ2n) is 7.95. The summed E-state index contributed by atoms with van der Waals surface area (Å²) in [7, 11) is 0. The smallest absolute Gasteiger partial charge is 0.410 e. The van der Waals surface area contributed by atoms with Crippen molar-refractivity contribution in [2.24, 2.45) is 0 Å². The summed E-state index contributed by atoms with van der Waals surface area (Å²) in [6.45, 7) is 6.67. The number of hydrogen-bond acceptors (Lipinski definition) is 5. The lowest BCUT2D eigenvalue weighted by Gasteiger charge is -2.28. The Morgan fingerprint density at radius 1 is 1.31 bits per heavy atom. The maximum atomic E-state index is 12.4. The predicted octanol–water partition coefficient (Wildman–Crippen LogP) is 5.08. The van der Waals surface area contributed by atoms with Crippen LogP contribution in [-0.4, -0.2) is 45.8 Å². The van der Waals surface area contributed by atoms with Gasteiger partial charge in [-0.1, -0.05) is 23.8 Å². The third-order valence-corrected chi connectivity index (χ3v) is 4.77. The molecule has 0 N–H and O–H groups in total. The Balaban J connectivity index is 1.63. The number of pyridine rings is 2. The van der Waals surface area contributed by atoms with Crippen LogP contribution in [0.4, 0.5) is 4.79 Å². The van der Waals surface area contributed by atoms with E-state index >= 15 is 0 Å². The molecule has 1 aliphatic rings. The van der Waals surface area contributed by atoms with Gasteiger partial charge in [0.25, 0.3) is 0 Å². The van der Waals surface area contributed by atoms with Gasteiger partial charge in [0, 0.05) is 24.5 Å². The van der Waals surface area contributed by atoms with Crippen molar-refractivity contribution in [1.29, 1.82) is 0 Å². The second kappa shape index (κ2) is 9.27. The van der Waals surface area contributed by atoms with Crippen LogP contribution in [0.15, 0.2) is 36.8 Å². The van der Waals surface area contributed by atoms with E-state index in [0.717, 1.165) is 24.0 Å². The minimum atomic E-state index is -0.513. The Hall–Kier alpha value is -2.60. The van der Waals surface area contributed by atoms with Gasteiger partial charge >= 0.3 is 6.09 Å². The van der Waals surface area contributed by atoms with Crippen molar-refractivity contribution in [3.05, 3.63) is 53.1 Å². The van der Waals surface area contributed by atoms with E-state index in [1.807, 2.05) is 51.1 Å². The van der Waals surface area contributed by atoms with E-state index in [1.54, 1.807) is 23.5 Å². The van der Waals surface area contributed by atoms with Crippen LogP contribution in [0.2, 0.25) is 5.15 Å². The molecule has 0 aliphatic carbocycles. The molecule has 2 aromatic heterocycles. The summed E-state index contributed by atoms with van der Waals surface area (Å²) >= 11 is 6.22. The van der Waals surface area contributed by atoms with E-state index in [9.17, 15) is 4.79 Å². The molecular formula is C22H26ClN3O3. The zero-order valence-electron chi connectivity index (χ0n) is 17.0. The minimum Gasteiger partial charge on any atom is -0.490 e. The van der Waals surface area contributed by atoms with Gasteiger partial charge in [-0.2, -0.15) is 0 Å². The molecule has 0 bridgehead atoms. The van der Waals surface area contributed by atoms with Crippen LogP contribution in [0.3, 0.4) is 0 Å². The van der Waals surface area contributed by atoms with Crippen molar-refractivity contribution in [2.75, 3.05) is 13.2 Å². The standard InChI is InChI=1S/C22H26ClN3O3/c1-22(2,3)29-21(27)26-12-4-5-18(26)15-28-19-13-17(20(23)25-14-19)7-6-16-8-10-24-11-9-16/h6-11,13-14,18H,4-5,12,15H2,1-3H3/b7-6+. The predicted molar refractivity (Wildman–Crippen MR) is 114 cm³/mol. The Kier molecular flexibility index (Phi) is 6.75. The molecule has 29 heavy (non-hydrogen) atoms. The van der Waals surface area contributed by atoms with Gasteiger partial charge in [-0.25, -0.2) is 9.78 Å². The first kappa shape index (κ1) is 21.1. The van der Waals surface area contributed by atoms with Crippen LogP contribution in [0, 0.1) is 0 Å². The summed E-state index contributed by atoms with van der Waals surface area (Å²) in [6, 6.07) is 5.64. The number of rotatable bonds is 5. The summed E-state index contributed by atoms with van der Waals surface area (Å²) < 4.78 is 11.4. The Bertz CT molecular complexity index is 865. The number of nitrogens with zero attached hydrogens (tertiary/aromatic N) is 3. The summed E-state index contributed by atoms with van der Waals surface area (Å²) in [5.41, 5.74) is 1.26. The summed E-state index contributed by atoms with van der Waals surface area (Å²) in [6.07, 6.45) is 10.4. The van der Waals surface area contributed by atoms with Gasteiger partial charge in [0.2, 0.25) is 0 Å². The molecule has 2 aromatic rings. The van der Waals surface area contributed by atoms with Gasteiger partial charge in [0.15, 0.2) is 0 Å². The lowest BCUT2D eigenvalue weighted by atomic mass is 10.2. The number of amides is 1. The molecule has 0 spiro atoms. The monoisotopic (exact) mass is 415 g/mol. The lowest BCUT2D eigenvalue weighted by Crippen LogP contribution is -2.42. The highest BCUT2D eigenvalue weighted by molar-refractivity contribution is 6.31. The average Bonchev–Trinajstić information content (AvgIpc) is 3.15. The molecular weight excluding hydrogens is 390 g/mol. The topological polar surface area (TPSA) is 64.5 Å². The van der Waals surface area contributed by atoms with E-state index in [0.29, 0.717) is 24.1 Å². The van der Waals surface area contributed by atoms with Crippen molar-refractivity contribution in [3.8, 4) is 5.75 Å². The largest absolute Gasteiger partial charge is 0.490 e. The molecule has 1 unspecified atom stereocenters. The second-order valence-corrected chi connectivity index (χ2v) is 8.30. The fourth-order valence-electron chi connectivity index (χ4n) is 3.06. The molecule has 1 fully saturated rings. The zero-order valence-corrected chi connectivity index (χ0v) is 17.7. The molecule has 1 atom stereocenters. The van der Waals surface area contributed by atoms with Crippen LogP contribution in [-0.2, 0) is 4.74 Å². The van der Waals surface area contributed by atoms with Crippen molar-refractivity contribution in [2.45, 2.75) is 45.3 Å². The highest BCUT2D eigenvalue weighted by atomic mass is 35.5. The third-order valence-electron chi connectivity index (χ3n) is 4.45. The average molecular weight is 416 g/mol. The quantitative estimate of drug-likeness (QED) is 0.637. The number of likely N-dealkylation sites (tertiary alicyclic amines) is 1. The van der Waals surface area contributed by atoms with Gasteiger partial charge in [-0.05, 0) is 57.4 Å². The zero-order chi connectivity index (χ0) is 20.9. The normalized spacial score (nSPS) is 17.0. The molecule has 3 heterocycles. The first-order valence-electron chi connectivity index (χ1n) is 9.68. The van der Waals surface area contributed by atoms with E-state index in [4.69, 9.17) is 21.1 Å². The maximum absolute atomic E-state index is 12.4. The Labute approximate surface area is 176 Å². The van der Waals surface area contributed by atoms with Crippen LogP contribution in [0.1, 0.15) is 44.7 Å². The van der Waals surface area contributed by atoms with Crippen molar-refractivity contribution in [1.82, 2.24) is 14.9 Å². The number of carbonyl (C=O) groups is 1. The van der Waals surface area contributed by atoms with Gasteiger partial charge < -0.3 is 14.4 Å². The van der Waals surface area contributed by atoms with Gasteiger partial charge in [0.1, 0.15) is 23.1 Å². The molecule has 0 saturated carbocycles. The molecule has 154 valence electrons. The maximum Gasteiger partial charge on any atom is 0.410 e. The third kappa shape index (κ3) is 6.19. The lowest BCUT2D eigenvalue weighted by molar-refractivity contribution is 0.0187. The fourth-order valence-corrected chi connectivity index (χ4v) is 3.23. The Morgan fingerprint density at radius 3 is 2.79 bits per heavy atom. The molecule has 0 radical (unpaired) electrons. The number of carbonyl (C=O) groups excluding carboxylic acids is 1. The number of hydrogen-bond donors (Lipinski definition) is 0. The SMILES string of the molecule is CC(C)(C)OC(=O)N1CCCC1COc1cnc(Cl)c(/C=C/c2ccncc2)c1. The van der Waals surface area contributed by atoms with Crippen LogP contribution >= 0.6 is 11.6 Å². The summed E-state index contributed by atoms with van der Waals surface area (Å²) in [5.74, 6) is 0.611. The molecule has 1 saturated heterocycles. The number of aromatic nitrogens is 2. The summed E-state index contributed by atoms with van der Waals surface area (Å²) in [4.78, 5) is 22.4. The number of halogens is 1. The van der Waals surface area contributed by atoms with Gasteiger partial charge in [-0.15, -0.1) is 0 Å². The van der Waals surface area contributed by atoms with E-state index in [1.165, 1.54) is 0 Å². The highest BCUT2D eigenvalue weighted by Crippen LogP contribution is 2.24. The first-order chi connectivity index (χ1) is 13.8. The fraction of sp³-hybridized carbons (Fsp3) is 0.409.